The summed E-state index contributed by atoms with van der Waals surface area (Å²) >= 11 is 0. The van der Waals surface area contributed by atoms with Crippen molar-refractivity contribution in [3.8, 4) is 0 Å². The third-order valence-corrected chi connectivity index (χ3v) is 3.12. The van der Waals surface area contributed by atoms with E-state index >= 15 is 0 Å². The number of rotatable bonds is 2. The van der Waals surface area contributed by atoms with Gasteiger partial charge < -0.3 is 0 Å². The van der Waals surface area contributed by atoms with Gasteiger partial charge in [-0.15, -0.1) is 0 Å². The molecule has 0 N–H and O–H groups in total. The van der Waals surface area contributed by atoms with Crippen LogP contribution in [0.2, 0.25) is 0 Å². The molecule has 2 rings (SSSR count). The number of pyridine rings is 2. The first-order valence-corrected chi connectivity index (χ1v) is 5.35. The van der Waals surface area contributed by atoms with E-state index in [-0.39, 0.29) is 5.41 Å². The van der Waals surface area contributed by atoms with Crippen LogP contribution in [0.5, 0.6) is 0 Å². The fraction of sp³-hybridized carbons (Fsp3) is 0.385. The number of hydrogen-bond donors (Lipinski definition) is 0. The normalized spacial score (nSPS) is 11.9. The van der Waals surface area contributed by atoms with Crippen LogP contribution >= 0.6 is 0 Å². The van der Waals surface area contributed by atoms with Gasteiger partial charge >= 0.3 is 0 Å². The van der Waals surface area contributed by atoms with Crippen molar-refractivity contribution in [2.75, 3.05) is 0 Å². The number of aromatic nitrogens is 2. The Morgan fingerprint density at radius 2 is 2.00 bits per heavy atom. The van der Waals surface area contributed by atoms with Gasteiger partial charge in [-0.05, 0) is 35.6 Å². The van der Waals surface area contributed by atoms with Gasteiger partial charge in [0.1, 0.15) is 0 Å². The lowest BCUT2D eigenvalue weighted by Gasteiger charge is -2.22. The second kappa shape index (κ2) is 3.61. The second-order valence-electron chi connectivity index (χ2n) is 4.50. The topological polar surface area (TPSA) is 25.8 Å². The molecular weight excluding hydrogens is 184 g/mol. The molecule has 0 aliphatic rings. The zero-order valence-corrected chi connectivity index (χ0v) is 9.49. The molecule has 0 unspecified atom stereocenters. The summed E-state index contributed by atoms with van der Waals surface area (Å²) in [7, 11) is 0. The van der Waals surface area contributed by atoms with Gasteiger partial charge in [0, 0.05) is 12.4 Å². The van der Waals surface area contributed by atoms with Gasteiger partial charge in [0.2, 0.25) is 0 Å². The SMILES string of the molecule is CCC(C)(C)c1cnc2cccnc2c1. The van der Waals surface area contributed by atoms with Crippen LogP contribution in [0.15, 0.2) is 30.6 Å². The maximum absolute atomic E-state index is 4.43. The zero-order chi connectivity index (χ0) is 10.9. The fourth-order valence-electron chi connectivity index (χ4n) is 1.53. The summed E-state index contributed by atoms with van der Waals surface area (Å²) in [6.45, 7) is 6.67. The molecule has 0 fully saturated rings. The Morgan fingerprint density at radius 1 is 1.20 bits per heavy atom. The summed E-state index contributed by atoms with van der Waals surface area (Å²) in [6.07, 6.45) is 4.88. The van der Waals surface area contributed by atoms with Crippen molar-refractivity contribution in [1.29, 1.82) is 0 Å². The minimum atomic E-state index is 0.179. The minimum absolute atomic E-state index is 0.179. The zero-order valence-electron chi connectivity index (χ0n) is 9.49. The highest BCUT2D eigenvalue weighted by molar-refractivity contribution is 5.74. The molecule has 0 aliphatic carbocycles. The van der Waals surface area contributed by atoms with Crippen molar-refractivity contribution in [2.45, 2.75) is 32.6 Å². The maximum atomic E-state index is 4.43. The van der Waals surface area contributed by atoms with E-state index in [0.717, 1.165) is 17.5 Å². The summed E-state index contributed by atoms with van der Waals surface area (Å²) < 4.78 is 0. The molecule has 0 saturated carbocycles. The fourth-order valence-corrected chi connectivity index (χ4v) is 1.53. The van der Waals surface area contributed by atoms with Crippen molar-refractivity contribution in [3.63, 3.8) is 0 Å². The summed E-state index contributed by atoms with van der Waals surface area (Å²) in [4.78, 5) is 8.76. The van der Waals surface area contributed by atoms with Gasteiger partial charge in [0.25, 0.3) is 0 Å². The molecule has 2 aromatic rings. The van der Waals surface area contributed by atoms with Crippen LogP contribution in [-0.4, -0.2) is 9.97 Å². The summed E-state index contributed by atoms with van der Waals surface area (Å²) in [5.74, 6) is 0. The molecule has 2 heteroatoms. The molecule has 15 heavy (non-hydrogen) atoms. The first kappa shape index (κ1) is 10.1. The van der Waals surface area contributed by atoms with E-state index < -0.39 is 0 Å². The molecular formula is C13H16N2. The van der Waals surface area contributed by atoms with E-state index in [1.165, 1.54) is 5.56 Å². The van der Waals surface area contributed by atoms with Crippen molar-refractivity contribution in [2.24, 2.45) is 0 Å². The summed E-state index contributed by atoms with van der Waals surface area (Å²) in [5.41, 5.74) is 3.39. The third kappa shape index (κ3) is 1.84. The van der Waals surface area contributed by atoms with Crippen molar-refractivity contribution < 1.29 is 0 Å². The summed E-state index contributed by atoms with van der Waals surface area (Å²) in [6, 6.07) is 6.05. The first-order valence-electron chi connectivity index (χ1n) is 5.35. The quantitative estimate of drug-likeness (QED) is 0.743. The number of hydrogen-bond acceptors (Lipinski definition) is 2. The van der Waals surface area contributed by atoms with Gasteiger partial charge in [-0.3, -0.25) is 9.97 Å². The maximum Gasteiger partial charge on any atom is 0.0889 e. The Labute approximate surface area is 90.4 Å². The Hall–Kier alpha value is -1.44. The van der Waals surface area contributed by atoms with E-state index in [1.54, 1.807) is 0 Å². The van der Waals surface area contributed by atoms with Gasteiger partial charge in [0.15, 0.2) is 0 Å². The first-order chi connectivity index (χ1) is 7.13. The summed E-state index contributed by atoms with van der Waals surface area (Å²) in [5, 5.41) is 0. The van der Waals surface area contributed by atoms with Crippen LogP contribution in [0.3, 0.4) is 0 Å². The van der Waals surface area contributed by atoms with Crippen LogP contribution in [0, 0.1) is 0 Å². The van der Waals surface area contributed by atoms with Crippen molar-refractivity contribution in [3.05, 3.63) is 36.2 Å². The molecule has 0 spiro atoms. The van der Waals surface area contributed by atoms with Gasteiger partial charge in [-0.1, -0.05) is 20.8 Å². The Balaban J connectivity index is 2.56. The van der Waals surface area contributed by atoms with Crippen molar-refractivity contribution >= 4 is 11.0 Å². The Kier molecular flexibility index (Phi) is 2.43. The second-order valence-corrected chi connectivity index (χ2v) is 4.50. The molecule has 2 heterocycles. The highest BCUT2D eigenvalue weighted by Crippen LogP contribution is 2.27. The lowest BCUT2D eigenvalue weighted by atomic mass is 9.83. The highest BCUT2D eigenvalue weighted by atomic mass is 14.7. The van der Waals surface area contributed by atoms with E-state index in [2.05, 4.69) is 36.8 Å². The van der Waals surface area contributed by atoms with Gasteiger partial charge in [0.05, 0.1) is 11.0 Å². The predicted molar refractivity (Wildman–Crippen MR) is 62.9 cm³/mol. The van der Waals surface area contributed by atoms with Crippen LogP contribution in [0.1, 0.15) is 32.8 Å². The molecule has 0 aromatic carbocycles. The van der Waals surface area contributed by atoms with E-state index in [4.69, 9.17) is 0 Å². The van der Waals surface area contributed by atoms with Crippen LogP contribution in [-0.2, 0) is 5.41 Å². The van der Waals surface area contributed by atoms with Crippen LogP contribution in [0.4, 0.5) is 0 Å². The Morgan fingerprint density at radius 3 is 2.73 bits per heavy atom. The minimum Gasteiger partial charge on any atom is -0.255 e. The predicted octanol–water partition coefficient (Wildman–Crippen LogP) is 3.32. The Bertz CT molecular complexity index is 475. The molecule has 0 radical (unpaired) electrons. The van der Waals surface area contributed by atoms with E-state index in [1.807, 2.05) is 24.5 Å². The molecule has 0 bridgehead atoms. The molecule has 0 amide bonds. The number of nitrogens with zero attached hydrogens (tertiary/aromatic N) is 2. The lowest BCUT2D eigenvalue weighted by Crippen LogP contribution is -2.15. The third-order valence-electron chi connectivity index (χ3n) is 3.12. The molecule has 2 nitrogen and oxygen atoms in total. The average Bonchev–Trinajstić information content (AvgIpc) is 2.28. The standard InChI is InChI=1S/C13H16N2/c1-4-13(2,3)10-8-12-11(15-9-10)6-5-7-14-12/h5-9H,4H2,1-3H3. The van der Waals surface area contributed by atoms with Gasteiger partial charge in [-0.2, -0.15) is 0 Å². The van der Waals surface area contributed by atoms with Crippen molar-refractivity contribution in [1.82, 2.24) is 9.97 Å². The molecule has 0 aliphatic heterocycles. The molecule has 0 saturated heterocycles. The van der Waals surface area contributed by atoms with Crippen LogP contribution < -0.4 is 0 Å². The van der Waals surface area contributed by atoms with E-state index in [9.17, 15) is 0 Å². The molecule has 2 aromatic heterocycles. The smallest absolute Gasteiger partial charge is 0.0889 e. The monoisotopic (exact) mass is 200 g/mol. The van der Waals surface area contributed by atoms with Gasteiger partial charge in [-0.25, -0.2) is 0 Å². The van der Waals surface area contributed by atoms with Crippen LogP contribution in [0.25, 0.3) is 11.0 Å². The van der Waals surface area contributed by atoms with E-state index in [0.29, 0.717) is 0 Å². The highest BCUT2D eigenvalue weighted by Gasteiger charge is 2.18. The molecule has 78 valence electrons. The lowest BCUT2D eigenvalue weighted by molar-refractivity contribution is 0.505. The largest absolute Gasteiger partial charge is 0.255 e. The molecule has 0 atom stereocenters. The number of fused-ring (bicyclic) bond motifs is 1. The average molecular weight is 200 g/mol.